The first-order chi connectivity index (χ1) is 14.8. The van der Waals surface area contributed by atoms with Crippen molar-refractivity contribution in [3.8, 4) is 5.75 Å². The predicted octanol–water partition coefficient (Wildman–Crippen LogP) is 4.54. The Hall–Kier alpha value is -2.57. The molecule has 1 fully saturated rings. The molecule has 1 saturated heterocycles. The third kappa shape index (κ3) is 4.92. The topological polar surface area (TPSA) is 61.9 Å². The van der Waals surface area contributed by atoms with Crippen molar-refractivity contribution >= 4 is 29.9 Å². The third-order valence-electron chi connectivity index (χ3n) is 6.04. The fourth-order valence-corrected chi connectivity index (χ4v) is 4.56. The number of anilines is 1. The monoisotopic (exact) mass is 457 g/mol. The molecule has 0 radical (unpaired) electrons. The van der Waals surface area contributed by atoms with Gasteiger partial charge in [-0.25, -0.2) is 0 Å². The summed E-state index contributed by atoms with van der Waals surface area (Å²) in [5.74, 6) is 0.0590. The highest BCUT2D eigenvalue weighted by Crippen LogP contribution is 2.38. The zero-order valence-corrected chi connectivity index (χ0v) is 20.0. The quantitative estimate of drug-likeness (QED) is 0.715. The number of fused-ring (bicyclic) bond motifs is 3. The standard InChI is InChI=1S/C25H31N3O3.ClH/c1-16(2)31-23-10-8-18(14-21(23)25(30)27(3)4)24(29)26-19-9-7-17-11-13-28-12-5-6-22(28)20(17)15-19;/h7-10,14-16,22H,5-6,11-13H2,1-4H3,(H,26,29);1H. The van der Waals surface area contributed by atoms with Crippen LogP contribution < -0.4 is 10.1 Å². The number of nitrogens with one attached hydrogen (secondary N) is 1. The van der Waals surface area contributed by atoms with E-state index >= 15 is 0 Å². The molecule has 2 aromatic rings. The molecule has 0 bridgehead atoms. The molecule has 172 valence electrons. The molecule has 0 spiro atoms. The Morgan fingerprint density at radius 2 is 1.91 bits per heavy atom. The van der Waals surface area contributed by atoms with Crippen LogP contribution in [0.25, 0.3) is 0 Å². The first-order valence-electron chi connectivity index (χ1n) is 11.0. The van der Waals surface area contributed by atoms with Crippen LogP contribution in [-0.2, 0) is 6.42 Å². The molecule has 2 aliphatic heterocycles. The van der Waals surface area contributed by atoms with Gasteiger partial charge >= 0.3 is 0 Å². The van der Waals surface area contributed by atoms with Gasteiger partial charge in [-0.1, -0.05) is 6.07 Å². The largest absolute Gasteiger partial charge is 0.490 e. The molecule has 1 unspecified atom stereocenters. The Balaban J connectivity index is 0.00000289. The molecule has 32 heavy (non-hydrogen) atoms. The van der Waals surface area contributed by atoms with E-state index in [1.807, 2.05) is 19.9 Å². The fraction of sp³-hybridized carbons (Fsp3) is 0.440. The van der Waals surface area contributed by atoms with Gasteiger partial charge in [0.05, 0.1) is 11.7 Å². The van der Waals surface area contributed by atoms with Crippen LogP contribution >= 0.6 is 12.4 Å². The van der Waals surface area contributed by atoms with E-state index in [9.17, 15) is 9.59 Å². The van der Waals surface area contributed by atoms with Crippen LogP contribution in [0.2, 0.25) is 0 Å². The second-order valence-corrected chi connectivity index (χ2v) is 8.89. The smallest absolute Gasteiger partial charge is 0.257 e. The molecule has 2 heterocycles. The molecule has 1 N–H and O–H groups in total. The summed E-state index contributed by atoms with van der Waals surface area (Å²) < 4.78 is 5.79. The van der Waals surface area contributed by atoms with Crippen LogP contribution in [0.4, 0.5) is 5.69 Å². The van der Waals surface area contributed by atoms with Gasteiger partial charge in [-0.3, -0.25) is 14.5 Å². The Morgan fingerprint density at radius 1 is 1.12 bits per heavy atom. The lowest BCUT2D eigenvalue weighted by Crippen LogP contribution is -2.31. The van der Waals surface area contributed by atoms with Gasteiger partial charge < -0.3 is 15.0 Å². The Morgan fingerprint density at radius 3 is 2.62 bits per heavy atom. The van der Waals surface area contributed by atoms with Crippen molar-refractivity contribution in [1.82, 2.24) is 9.80 Å². The maximum atomic E-state index is 13.0. The molecule has 0 aliphatic carbocycles. The molecule has 6 nitrogen and oxygen atoms in total. The van der Waals surface area contributed by atoms with Crippen molar-refractivity contribution in [1.29, 1.82) is 0 Å². The minimum absolute atomic E-state index is 0. The highest BCUT2D eigenvalue weighted by molar-refractivity contribution is 6.07. The number of nitrogens with zero attached hydrogens (tertiary/aromatic N) is 2. The summed E-state index contributed by atoms with van der Waals surface area (Å²) in [7, 11) is 3.38. The predicted molar refractivity (Wildman–Crippen MR) is 129 cm³/mol. The summed E-state index contributed by atoms with van der Waals surface area (Å²) >= 11 is 0. The Labute approximate surface area is 196 Å². The summed E-state index contributed by atoms with van der Waals surface area (Å²) in [6, 6.07) is 11.7. The number of carbonyl (C=O) groups is 2. The second kappa shape index (κ2) is 9.92. The van der Waals surface area contributed by atoms with E-state index in [1.165, 1.54) is 28.9 Å². The van der Waals surface area contributed by atoms with Crippen molar-refractivity contribution in [3.05, 3.63) is 58.7 Å². The molecule has 0 saturated carbocycles. The van der Waals surface area contributed by atoms with Crippen molar-refractivity contribution in [2.45, 2.75) is 45.3 Å². The molecular formula is C25H32ClN3O3. The van der Waals surface area contributed by atoms with Gasteiger partial charge in [-0.15, -0.1) is 12.4 Å². The van der Waals surface area contributed by atoms with Crippen molar-refractivity contribution in [2.75, 3.05) is 32.5 Å². The van der Waals surface area contributed by atoms with Crippen molar-refractivity contribution in [3.63, 3.8) is 0 Å². The zero-order chi connectivity index (χ0) is 22.1. The summed E-state index contributed by atoms with van der Waals surface area (Å²) in [5.41, 5.74) is 4.33. The van der Waals surface area contributed by atoms with Gasteiger partial charge in [0.25, 0.3) is 11.8 Å². The number of carbonyl (C=O) groups excluding carboxylic acids is 2. The summed E-state index contributed by atoms with van der Waals surface area (Å²) in [4.78, 5) is 29.7. The Kier molecular flexibility index (Phi) is 7.47. The van der Waals surface area contributed by atoms with Crippen LogP contribution in [0.1, 0.15) is 64.6 Å². The van der Waals surface area contributed by atoms with Crippen LogP contribution in [0.3, 0.4) is 0 Å². The van der Waals surface area contributed by atoms with Crippen molar-refractivity contribution in [2.24, 2.45) is 0 Å². The second-order valence-electron chi connectivity index (χ2n) is 8.89. The van der Waals surface area contributed by atoms with E-state index < -0.39 is 0 Å². The van der Waals surface area contributed by atoms with Crippen LogP contribution in [0, 0.1) is 0 Å². The summed E-state index contributed by atoms with van der Waals surface area (Å²) in [5, 5.41) is 3.02. The molecule has 2 aliphatic rings. The molecule has 7 heteroatoms. The van der Waals surface area contributed by atoms with E-state index in [-0.39, 0.29) is 30.3 Å². The molecular weight excluding hydrogens is 426 g/mol. The maximum absolute atomic E-state index is 13.0. The van der Waals surface area contributed by atoms with E-state index in [4.69, 9.17) is 4.74 Å². The van der Waals surface area contributed by atoms with Gasteiger partial charge in [0.1, 0.15) is 5.75 Å². The number of rotatable bonds is 5. The molecule has 4 rings (SSSR count). The van der Waals surface area contributed by atoms with Crippen molar-refractivity contribution < 1.29 is 14.3 Å². The van der Waals surface area contributed by atoms with E-state index in [0.29, 0.717) is 22.9 Å². The summed E-state index contributed by atoms with van der Waals surface area (Å²) in [6.45, 7) is 6.10. The SMILES string of the molecule is CC(C)Oc1ccc(C(=O)Nc2ccc3c(c2)C2CCCN2CC3)cc1C(=O)N(C)C.Cl. The number of hydrogen-bond donors (Lipinski definition) is 1. The van der Waals surface area contributed by atoms with E-state index in [2.05, 4.69) is 22.3 Å². The minimum atomic E-state index is -0.233. The van der Waals surface area contributed by atoms with Gasteiger partial charge in [-0.05, 0) is 81.1 Å². The van der Waals surface area contributed by atoms with Gasteiger partial charge in [0, 0.05) is 37.9 Å². The lowest BCUT2D eigenvalue weighted by Gasteiger charge is -2.32. The fourth-order valence-electron chi connectivity index (χ4n) is 4.56. The third-order valence-corrected chi connectivity index (χ3v) is 6.04. The molecule has 0 aromatic heterocycles. The lowest BCUT2D eigenvalue weighted by molar-refractivity contribution is 0.0821. The number of ether oxygens (including phenoxy) is 1. The number of halogens is 1. The normalized spacial score (nSPS) is 17.2. The molecule has 2 aromatic carbocycles. The maximum Gasteiger partial charge on any atom is 0.257 e. The first kappa shape index (κ1) is 24.1. The molecule has 2 amide bonds. The Bertz CT molecular complexity index is 1010. The van der Waals surface area contributed by atoms with E-state index in [0.717, 1.165) is 25.2 Å². The lowest BCUT2D eigenvalue weighted by atomic mass is 9.92. The number of amides is 2. The van der Waals surface area contributed by atoms with Gasteiger partial charge in [0.15, 0.2) is 0 Å². The average molecular weight is 458 g/mol. The van der Waals surface area contributed by atoms with Crippen LogP contribution in [-0.4, -0.2) is 54.9 Å². The minimum Gasteiger partial charge on any atom is -0.490 e. The zero-order valence-electron chi connectivity index (χ0n) is 19.2. The van der Waals surface area contributed by atoms with Crippen LogP contribution in [0.15, 0.2) is 36.4 Å². The first-order valence-corrected chi connectivity index (χ1v) is 11.0. The molecule has 1 atom stereocenters. The number of benzene rings is 2. The average Bonchev–Trinajstić information content (AvgIpc) is 3.22. The highest BCUT2D eigenvalue weighted by Gasteiger charge is 2.31. The van der Waals surface area contributed by atoms with Crippen LogP contribution in [0.5, 0.6) is 5.75 Å². The van der Waals surface area contributed by atoms with E-state index in [1.54, 1.807) is 32.3 Å². The highest BCUT2D eigenvalue weighted by atomic mass is 35.5. The summed E-state index contributed by atoms with van der Waals surface area (Å²) in [6.07, 6.45) is 3.40. The van der Waals surface area contributed by atoms with Gasteiger partial charge in [0.2, 0.25) is 0 Å². The number of hydrogen-bond acceptors (Lipinski definition) is 4. The van der Waals surface area contributed by atoms with Gasteiger partial charge in [-0.2, -0.15) is 0 Å².